The molecule has 0 saturated heterocycles. The lowest BCUT2D eigenvalue weighted by Crippen LogP contribution is -2.61. The second-order valence-electron chi connectivity index (χ2n) is 7.61. The zero-order valence-electron chi connectivity index (χ0n) is 16.7. The van der Waals surface area contributed by atoms with Crippen molar-refractivity contribution in [3.8, 4) is 0 Å². The highest BCUT2D eigenvalue weighted by atomic mass is 16.4. The van der Waals surface area contributed by atoms with Crippen LogP contribution in [0.25, 0.3) is 0 Å². The molecular formula is C21H30N2O6. The second kappa shape index (κ2) is 10.9. The van der Waals surface area contributed by atoms with Crippen LogP contribution in [0.1, 0.15) is 44.6 Å². The number of hydrogen-bond acceptors (Lipinski definition) is 5. The number of nitrogens with zero attached hydrogens (tertiary/aromatic N) is 1. The van der Waals surface area contributed by atoms with Crippen LogP contribution in [0.5, 0.6) is 0 Å². The maximum atomic E-state index is 12.0. The molecule has 0 spiro atoms. The van der Waals surface area contributed by atoms with Crippen LogP contribution in [0.15, 0.2) is 30.3 Å². The minimum atomic E-state index is -1.41. The van der Waals surface area contributed by atoms with Gasteiger partial charge >= 0.3 is 17.9 Å². The Labute approximate surface area is 170 Å². The van der Waals surface area contributed by atoms with E-state index in [4.69, 9.17) is 0 Å². The van der Waals surface area contributed by atoms with Gasteiger partial charge in [-0.05, 0) is 37.7 Å². The van der Waals surface area contributed by atoms with E-state index in [2.05, 4.69) is 5.32 Å². The molecule has 0 aliphatic heterocycles. The molecule has 0 bridgehead atoms. The van der Waals surface area contributed by atoms with Gasteiger partial charge in [0.1, 0.15) is 12.1 Å². The average Bonchev–Trinajstić information content (AvgIpc) is 2.70. The van der Waals surface area contributed by atoms with E-state index in [0.717, 1.165) is 37.7 Å². The highest BCUT2D eigenvalue weighted by Gasteiger charge is 2.38. The molecule has 0 aromatic heterocycles. The Morgan fingerprint density at radius 3 is 2.14 bits per heavy atom. The molecule has 1 fully saturated rings. The molecule has 1 aliphatic rings. The molecule has 29 heavy (non-hydrogen) atoms. The standard InChI is InChI=1S/C21H30N2O6/c1-14(19(24)25)23(13-12-15-8-4-2-5-9-15)18(21(28)29)22-17(20(26)27)16-10-6-3-7-11-16/h2,4-5,8-9,14,16-18,22H,3,6-7,10-13H2,1H3,(H,24,25)(H,26,27)(H,28,29)/t14-,17+,18+/m1/s1. The molecule has 8 nitrogen and oxygen atoms in total. The first-order valence-corrected chi connectivity index (χ1v) is 10.1. The predicted octanol–water partition coefficient (Wildman–Crippen LogP) is 2.04. The molecule has 0 radical (unpaired) electrons. The Morgan fingerprint density at radius 1 is 1.00 bits per heavy atom. The van der Waals surface area contributed by atoms with E-state index in [1.165, 1.54) is 11.8 Å². The maximum Gasteiger partial charge on any atom is 0.335 e. The van der Waals surface area contributed by atoms with Crippen molar-refractivity contribution in [2.75, 3.05) is 6.54 Å². The summed E-state index contributed by atoms with van der Waals surface area (Å²) >= 11 is 0. The molecular weight excluding hydrogens is 376 g/mol. The van der Waals surface area contributed by atoms with Gasteiger partial charge in [0, 0.05) is 6.54 Å². The van der Waals surface area contributed by atoms with E-state index in [-0.39, 0.29) is 12.5 Å². The van der Waals surface area contributed by atoms with E-state index in [1.807, 2.05) is 30.3 Å². The van der Waals surface area contributed by atoms with Gasteiger partial charge in [-0.1, -0.05) is 49.6 Å². The number of aliphatic carboxylic acids is 3. The van der Waals surface area contributed by atoms with E-state index in [9.17, 15) is 29.7 Å². The summed E-state index contributed by atoms with van der Waals surface area (Å²) in [4.78, 5) is 36.8. The third kappa shape index (κ3) is 6.54. The molecule has 160 valence electrons. The van der Waals surface area contributed by atoms with Gasteiger partial charge in [0.05, 0.1) is 0 Å². The summed E-state index contributed by atoms with van der Waals surface area (Å²) in [7, 11) is 0. The van der Waals surface area contributed by atoms with Crippen LogP contribution in [0, 0.1) is 5.92 Å². The lowest BCUT2D eigenvalue weighted by Gasteiger charge is -2.36. The van der Waals surface area contributed by atoms with Gasteiger partial charge in [-0.2, -0.15) is 0 Å². The zero-order valence-corrected chi connectivity index (χ0v) is 16.7. The number of rotatable bonds is 11. The molecule has 1 aromatic carbocycles. The van der Waals surface area contributed by atoms with Crippen LogP contribution in [-0.2, 0) is 20.8 Å². The first-order valence-electron chi connectivity index (χ1n) is 10.1. The lowest BCUT2D eigenvalue weighted by molar-refractivity contribution is -0.153. The highest BCUT2D eigenvalue weighted by Crippen LogP contribution is 2.27. The van der Waals surface area contributed by atoms with E-state index in [1.54, 1.807) is 0 Å². The Bertz CT molecular complexity index is 690. The molecule has 1 aromatic rings. The monoisotopic (exact) mass is 406 g/mol. The van der Waals surface area contributed by atoms with E-state index >= 15 is 0 Å². The smallest absolute Gasteiger partial charge is 0.335 e. The molecule has 4 N–H and O–H groups in total. The normalized spacial score (nSPS) is 18.1. The largest absolute Gasteiger partial charge is 0.480 e. The van der Waals surface area contributed by atoms with Gasteiger partial charge in [-0.25, -0.2) is 4.79 Å². The van der Waals surface area contributed by atoms with E-state index in [0.29, 0.717) is 6.42 Å². The molecule has 2 rings (SSSR count). The molecule has 3 atom stereocenters. The average molecular weight is 406 g/mol. The fourth-order valence-electron chi connectivity index (χ4n) is 3.95. The zero-order chi connectivity index (χ0) is 21.4. The molecule has 0 amide bonds. The van der Waals surface area contributed by atoms with Crippen LogP contribution in [-0.4, -0.2) is 62.9 Å². The number of carboxylic acid groups (broad SMARTS) is 3. The quantitative estimate of drug-likeness (QED) is 0.411. The predicted molar refractivity (Wildman–Crippen MR) is 107 cm³/mol. The van der Waals surface area contributed by atoms with Gasteiger partial charge in [0.15, 0.2) is 6.17 Å². The SMILES string of the molecule is C[C@H](C(=O)O)N(CCc1ccccc1)[C@H](N[C@H](C(=O)O)C1CCCCC1)C(=O)O. The van der Waals surface area contributed by atoms with Crippen molar-refractivity contribution in [2.45, 2.75) is 63.7 Å². The summed E-state index contributed by atoms with van der Waals surface area (Å²) in [6, 6.07) is 7.23. The van der Waals surface area contributed by atoms with Gasteiger partial charge in [-0.3, -0.25) is 19.8 Å². The van der Waals surface area contributed by atoms with Crippen molar-refractivity contribution in [3.63, 3.8) is 0 Å². The van der Waals surface area contributed by atoms with Crippen molar-refractivity contribution in [1.29, 1.82) is 0 Å². The topological polar surface area (TPSA) is 127 Å². The molecule has 8 heteroatoms. The Kier molecular flexibility index (Phi) is 8.60. The fraction of sp³-hybridized carbons (Fsp3) is 0.571. The minimum absolute atomic E-state index is 0.165. The van der Waals surface area contributed by atoms with Crippen molar-refractivity contribution >= 4 is 17.9 Å². The summed E-state index contributed by atoms with van der Waals surface area (Å²) in [6.45, 7) is 1.58. The lowest BCUT2D eigenvalue weighted by atomic mass is 9.83. The van der Waals surface area contributed by atoms with Crippen molar-refractivity contribution < 1.29 is 29.7 Å². The van der Waals surface area contributed by atoms with Crippen molar-refractivity contribution in [2.24, 2.45) is 5.92 Å². The van der Waals surface area contributed by atoms with Crippen LogP contribution in [0.3, 0.4) is 0 Å². The van der Waals surface area contributed by atoms with Gasteiger partial charge < -0.3 is 15.3 Å². The summed E-state index contributed by atoms with van der Waals surface area (Å²) in [5.41, 5.74) is 0.946. The molecule has 1 aliphatic carbocycles. The number of nitrogens with one attached hydrogen (secondary N) is 1. The number of benzene rings is 1. The van der Waals surface area contributed by atoms with Crippen LogP contribution >= 0.6 is 0 Å². The molecule has 1 saturated carbocycles. The van der Waals surface area contributed by atoms with Crippen molar-refractivity contribution in [1.82, 2.24) is 10.2 Å². The summed E-state index contributed by atoms with van der Waals surface area (Å²) < 4.78 is 0. The first kappa shape index (κ1) is 22.8. The Balaban J connectivity index is 2.22. The number of carbonyl (C=O) groups is 3. The fourth-order valence-corrected chi connectivity index (χ4v) is 3.95. The third-order valence-electron chi connectivity index (χ3n) is 5.65. The maximum absolute atomic E-state index is 12.0. The van der Waals surface area contributed by atoms with Gasteiger partial charge in [-0.15, -0.1) is 0 Å². The Hall–Kier alpha value is -2.45. The van der Waals surface area contributed by atoms with Crippen LogP contribution in [0.2, 0.25) is 0 Å². The first-order chi connectivity index (χ1) is 13.8. The summed E-state index contributed by atoms with van der Waals surface area (Å²) in [5, 5.41) is 31.8. The second-order valence-corrected chi connectivity index (χ2v) is 7.61. The molecule has 0 heterocycles. The van der Waals surface area contributed by atoms with Crippen LogP contribution < -0.4 is 5.32 Å². The summed E-state index contributed by atoms with van der Waals surface area (Å²) in [5.74, 6) is -3.71. The van der Waals surface area contributed by atoms with Gasteiger partial charge in [0.25, 0.3) is 0 Å². The van der Waals surface area contributed by atoms with Gasteiger partial charge in [0.2, 0.25) is 0 Å². The Morgan fingerprint density at radius 2 is 1.62 bits per heavy atom. The number of carboxylic acids is 3. The van der Waals surface area contributed by atoms with Crippen molar-refractivity contribution in [3.05, 3.63) is 35.9 Å². The highest BCUT2D eigenvalue weighted by molar-refractivity contribution is 5.79. The summed E-state index contributed by atoms with van der Waals surface area (Å²) in [6.07, 6.45) is 3.35. The van der Waals surface area contributed by atoms with Crippen LogP contribution in [0.4, 0.5) is 0 Å². The molecule has 0 unspecified atom stereocenters. The third-order valence-corrected chi connectivity index (χ3v) is 5.65. The minimum Gasteiger partial charge on any atom is -0.480 e. The van der Waals surface area contributed by atoms with E-state index < -0.39 is 36.2 Å². The number of hydrogen-bond donors (Lipinski definition) is 4.